The van der Waals surface area contributed by atoms with E-state index < -0.39 is 29.1 Å². The summed E-state index contributed by atoms with van der Waals surface area (Å²) in [5.74, 6) is -1.64. The fourth-order valence-corrected chi connectivity index (χ4v) is 4.72. The van der Waals surface area contributed by atoms with E-state index >= 15 is 0 Å². The van der Waals surface area contributed by atoms with E-state index in [1.807, 2.05) is 24.3 Å². The third-order valence-corrected chi connectivity index (χ3v) is 6.68. The number of pyridine rings is 1. The molecule has 38 heavy (non-hydrogen) atoms. The van der Waals surface area contributed by atoms with Gasteiger partial charge in [-0.25, -0.2) is 4.39 Å². The Kier molecular flexibility index (Phi) is 6.50. The molecule has 0 spiro atoms. The predicted octanol–water partition coefficient (Wildman–Crippen LogP) is 4.64. The molecule has 0 saturated carbocycles. The molecule has 0 aliphatic carbocycles. The Hall–Kier alpha value is -4.79. The standard InChI is InChI=1S/C29H24FN3O5/c1-37-22-11-12-25-23(16-22)29(14-13-26(34)38-2,28(36)33(25)21-9-7-20(30)8-10-21)32-27(35)24-15-18-5-3-4-6-19(18)17-31-24/h3-12,15-17H,13-14H2,1-2H3,(H,32,35). The first-order valence-electron chi connectivity index (χ1n) is 11.9. The molecule has 0 bridgehead atoms. The maximum atomic E-state index is 14.3. The lowest BCUT2D eigenvalue weighted by molar-refractivity contribution is -0.141. The number of benzene rings is 3. The van der Waals surface area contributed by atoms with Gasteiger partial charge in [0, 0.05) is 29.3 Å². The van der Waals surface area contributed by atoms with Crippen molar-refractivity contribution < 1.29 is 28.2 Å². The van der Waals surface area contributed by atoms with Crippen LogP contribution in [0.3, 0.4) is 0 Å². The van der Waals surface area contributed by atoms with E-state index in [-0.39, 0.29) is 18.5 Å². The van der Waals surface area contributed by atoms with Crippen molar-refractivity contribution in [3.63, 3.8) is 0 Å². The van der Waals surface area contributed by atoms with Gasteiger partial charge >= 0.3 is 5.97 Å². The first-order chi connectivity index (χ1) is 18.4. The Balaban J connectivity index is 1.64. The van der Waals surface area contributed by atoms with Gasteiger partial charge in [0.2, 0.25) is 0 Å². The van der Waals surface area contributed by atoms with Crippen molar-refractivity contribution in [1.82, 2.24) is 10.3 Å². The number of anilines is 2. The predicted molar refractivity (Wildman–Crippen MR) is 139 cm³/mol. The lowest BCUT2D eigenvalue weighted by Crippen LogP contribution is -2.52. The van der Waals surface area contributed by atoms with Crippen molar-refractivity contribution in [3.8, 4) is 5.75 Å². The summed E-state index contributed by atoms with van der Waals surface area (Å²) in [6, 6.07) is 19.6. The molecule has 0 saturated heterocycles. The highest BCUT2D eigenvalue weighted by Gasteiger charge is 2.53. The molecule has 8 nitrogen and oxygen atoms in total. The average Bonchev–Trinajstić information content (AvgIpc) is 3.18. The molecule has 5 rings (SSSR count). The molecule has 1 N–H and O–H groups in total. The van der Waals surface area contributed by atoms with Gasteiger partial charge in [-0.15, -0.1) is 0 Å². The first-order valence-corrected chi connectivity index (χ1v) is 11.9. The number of ether oxygens (including phenoxy) is 2. The van der Waals surface area contributed by atoms with Gasteiger partial charge in [-0.1, -0.05) is 24.3 Å². The summed E-state index contributed by atoms with van der Waals surface area (Å²) in [5, 5.41) is 4.56. The van der Waals surface area contributed by atoms with E-state index in [9.17, 15) is 18.8 Å². The SMILES string of the molecule is COC(=O)CCC1(NC(=O)c2cc3ccccc3cn2)C(=O)N(c2ccc(F)cc2)c2ccc(OC)cc21. The minimum Gasteiger partial charge on any atom is -0.497 e. The number of rotatable bonds is 7. The zero-order valence-corrected chi connectivity index (χ0v) is 20.7. The maximum Gasteiger partial charge on any atom is 0.305 e. The molecule has 1 atom stereocenters. The fourth-order valence-electron chi connectivity index (χ4n) is 4.72. The second kappa shape index (κ2) is 9.93. The van der Waals surface area contributed by atoms with E-state index in [1.54, 1.807) is 30.5 Å². The van der Waals surface area contributed by atoms with Crippen LogP contribution in [0.1, 0.15) is 28.9 Å². The molecule has 192 valence electrons. The minimum atomic E-state index is -1.66. The number of methoxy groups -OCH3 is 2. The zero-order chi connectivity index (χ0) is 26.9. The van der Waals surface area contributed by atoms with Gasteiger partial charge < -0.3 is 14.8 Å². The van der Waals surface area contributed by atoms with Gasteiger partial charge in [-0.05, 0) is 60.3 Å². The summed E-state index contributed by atoms with van der Waals surface area (Å²) >= 11 is 0. The largest absolute Gasteiger partial charge is 0.497 e. The molecule has 2 heterocycles. The minimum absolute atomic E-state index is 0.0876. The Bertz CT molecular complexity index is 1560. The number of aromatic nitrogens is 1. The molecule has 1 unspecified atom stereocenters. The maximum absolute atomic E-state index is 14.3. The van der Waals surface area contributed by atoms with Crippen LogP contribution < -0.4 is 15.0 Å². The van der Waals surface area contributed by atoms with Gasteiger partial charge in [0.1, 0.15) is 22.8 Å². The highest BCUT2D eigenvalue weighted by molar-refractivity contribution is 6.15. The van der Waals surface area contributed by atoms with Crippen LogP contribution >= 0.6 is 0 Å². The van der Waals surface area contributed by atoms with Crippen molar-refractivity contribution >= 4 is 39.9 Å². The van der Waals surface area contributed by atoms with Gasteiger partial charge in [-0.3, -0.25) is 24.3 Å². The van der Waals surface area contributed by atoms with Gasteiger partial charge in [0.25, 0.3) is 11.8 Å². The zero-order valence-electron chi connectivity index (χ0n) is 20.7. The van der Waals surface area contributed by atoms with Crippen molar-refractivity contribution in [2.24, 2.45) is 0 Å². The van der Waals surface area contributed by atoms with E-state index in [1.165, 1.54) is 43.4 Å². The molecule has 1 aliphatic rings. The number of halogens is 1. The number of carbonyl (C=O) groups excluding carboxylic acids is 3. The summed E-state index contributed by atoms with van der Waals surface area (Å²) in [5.41, 5.74) is -0.237. The van der Waals surface area contributed by atoms with Crippen LogP contribution in [0.25, 0.3) is 10.8 Å². The number of nitrogens with zero attached hydrogens (tertiary/aromatic N) is 2. The van der Waals surface area contributed by atoms with Crippen LogP contribution in [-0.2, 0) is 19.9 Å². The van der Waals surface area contributed by atoms with Gasteiger partial charge in [0.05, 0.1) is 19.9 Å². The monoisotopic (exact) mass is 513 g/mol. The number of nitrogens with one attached hydrogen (secondary N) is 1. The van der Waals surface area contributed by atoms with Crippen molar-refractivity contribution in [1.29, 1.82) is 0 Å². The number of esters is 1. The summed E-state index contributed by atoms with van der Waals surface area (Å²) < 4.78 is 23.9. The molecule has 2 amide bonds. The number of fused-ring (bicyclic) bond motifs is 2. The van der Waals surface area contributed by atoms with Crippen LogP contribution in [-0.4, -0.2) is 37.0 Å². The summed E-state index contributed by atoms with van der Waals surface area (Å²) in [4.78, 5) is 45.8. The molecule has 0 fully saturated rings. The third-order valence-electron chi connectivity index (χ3n) is 6.68. The molecule has 4 aromatic rings. The quantitative estimate of drug-likeness (QED) is 0.362. The molecule has 9 heteroatoms. The van der Waals surface area contributed by atoms with E-state index in [4.69, 9.17) is 9.47 Å². The van der Waals surface area contributed by atoms with Crippen LogP contribution in [0.2, 0.25) is 0 Å². The Morgan fingerprint density at radius 3 is 2.45 bits per heavy atom. The molecular weight excluding hydrogens is 489 g/mol. The molecule has 1 aliphatic heterocycles. The summed E-state index contributed by atoms with van der Waals surface area (Å²) in [7, 11) is 2.74. The normalized spacial score (nSPS) is 16.3. The highest BCUT2D eigenvalue weighted by Crippen LogP contribution is 2.48. The second-order valence-electron chi connectivity index (χ2n) is 8.85. The smallest absolute Gasteiger partial charge is 0.305 e. The number of amides is 2. The molecule has 1 aromatic heterocycles. The highest BCUT2D eigenvalue weighted by atomic mass is 19.1. The van der Waals surface area contributed by atoms with Crippen LogP contribution in [0.5, 0.6) is 5.75 Å². The lowest BCUT2D eigenvalue weighted by Gasteiger charge is -2.30. The average molecular weight is 514 g/mol. The Labute approximate surface area is 218 Å². The van der Waals surface area contributed by atoms with Gasteiger partial charge in [-0.2, -0.15) is 0 Å². The fraction of sp³-hybridized carbons (Fsp3) is 0.172. The van der Waals surface area contributed by atoms with E-state index in [2.05, 4.69) is 10.3 Å². The second-order valence-corrected chi connectivity index (χ2v) is 8.85. The molecular formula is C29H24FN3O5. The lowest BCUT2D eigenvalue weighted by atomic mass is 9.86. The topological polar surface area (TPSA) is 97.8 Å². The summed E-state index contributed by atoms with van der Waals surface area (Å²) in [6.45, 7) is 0. The third kappa shape index (κ3) is 4.32. The number of carbonyl (C=O) groups is 3. The Morgan fingerprint density at radius 1 is 1.00 bits per heavy atom. The van der Waals surface area contributed by atoms with Crippen molar-refractivity contribution in [2.75, 3.05) is 19.1 Å². The van der Waals surface area contributed by atoms with Crippen molar-refractivity contribution in [2.45, 2.75) is 18.4 Å². The van der Waals surface area contributed by atoms with E-state index in [0.717, 1.165) is 10.8 Å². The molecule has 3 aromatic carbocycles. The van der Waals surface area contributed by atoms with Crippen LogP contribution in [0.4, 0.5) is 15.8 Å². The first kappa shape index (κ1) is 24.9. The van der Waals surface area contributed by atoms with Crippen LogP contribution in [0.15, 0.2) is 79.0 Å². The van der Waals surface area contributed by atoms with Crippen LogP contribution in [0, 0.1) is 5.82 Å². The molecule has 0 radical (unpaired) electrons. The van der Waals surface area contributed by atoms with Crippen molar-refractivity contribution in [3.05, 3.63) is 96.1 Å². The summed E-state index contributed by atoms with van der Waals surface area (Å²) in [6.07, 6.45) is 1.35. The number of hydrogen-bond donors (Lipinski definition) is 1. The number of hydrogen-bond acceptors (Lipinski definition) is 6. The van der Waals surface area contributed by atoms with E-state index in [0.29, 0.717) is 22.7 Å². The van der Waals surface area contributed by atoms with Gasteiger partial charge in [0.15, 0.2) is 0 Å². The Morgan fingerprint density at radius 2 is 1.74 bits per heavy atom.